The summed E-state index contributed by atoms with van der Waals surface area (Å²) in [5.41, 5.74) is -1.26. The first-order chi connectivity index (χ1) is 15.9. The molecule has 180 valence electrons. The van der Waals surface area contributed by atoms with Gasteiger partial charge in [-0.1, -0.05) is 23.7 Å². The van der Waals surface area contributed by atoms with Gasteiger partial charge in [0.2, 0.25) is 5.88 Å². The number of hydrogen-bond donors (Lipinski definition) is 2. The topological polar surface area (TPSA) is 80.7 Å². The Kier molecular flexibility index (Phi) is 7.22. The second-order valence-electron chi connectivity index (χ2n) is 6.63. The second-order valence-corrected chi connectivity index (χ2v) is 7.04. The maximum Gasteiger partial charge on any atom is 0.573 e. The number of pyridine rings is 1. The summed E-state index contributed by atoms with van der Waals surface area (Å²) in [6, 6.07) is 9.01. The van der Waals surface area contributed by atoms with E-state index in [4.69, 9.17) is 16.3 Å². The largest absolute Gasteiger partial charge is 0.573 e. The fourth-order valence-electron chi connectivity index (χ4n) is 2.66. The smallest absolute Gasteiger partial charge is 0.437 e. The van der Waals surface area contributed by atoms with Crippen molar-refractivity contribution in [3.8, 4) is 17.4 Å². The van der Waals surface area contributed by atoms with Gasteiger partial charge in [-0.05, 0) is 35.9 Å². The lowest BCUT2D eigenvalue weighted by Gasteiger charge is -2.15. The first-order valence-electron chi connectivity index (χ1n) is 9.17. The Hall–Kier alpha value is -3.51. The summed E-state index contributed by atoms with van der Waals surface area (Å²) in [5, 5.41) is 11.2. The van der Waals surface area contributed by atoms with Crippen LogP contribution in [-0.2, 0) is 12.8 Å². The molecular weight excluding hydrogens is 494 g/mol. The van der Waals surface area contributed by atoms with E-state index in [9.17, 15) is 36.2 Å². The number of amides is 1. The fraction of sp³-hybridized carbons (Fsp3) is 0.143. The number of halogens is 7. The highest BCUT2D eigenvalue weighted by molar-refractivity contribution is 6.32. The van der Waals surface area contributed by atoms with Crippen LogP contribution in [0, 0.1) is 0 Å². The molecule has 1 amide bonds. The summed E-state index contributed by atoms with van der Waals surface area (Å²) in [4.78, 5) is 16.3. The normalized spacial score (nSPS) is 11.8. The number of anilines is 1. The molecule has 0 bridgehead atoms. The Bertz CT molecular complexity index is 1200. The van der Waals surface area contributed by atoms with Gasteiger partial charge < -0.3 is 19.9 Å². The minimum absolute atomic E-state index is 0.173. The van der Waals surface area contributed by atoms with Gasteiger partial charge >= 0.3 is 12.5 Å². The lowest BCUT2D eigenvalue weighted by atomic mass is 10.1. The average molecular weight is 507 g/mol. The number of alkyl halides is 6. The Balaban J connectivity index is 1.95. The third-order valence-corrected chi connectivity index (χ3v) is 4.43. The molecule has 2 N–H and O–H groups in total. The first kappa shape index (κ1) is 25.1. The number of rotatable bonds is 6. The monoisotopic (exact) mass is 506 g/mol. The Morgan fingerprint density at radius 1 is 1.06 bits per heavy atom. The van der Waals surface area contributed by atoms with Crippen LogP contribution in [0.4, 0.5) is 32.0 Å². The molecule has 0 spiro atoms. The zero-order valence-electron chi connectivity index (χ0n) is 16.7. The number of nitrogens with one attached hydrogen (secondary N) is 1. The number of aliphatic hydroxyl groups excluding tert-OH is 1. The molecule has 0 atom stereocenters. The zero-order chi connectivity index (χ0) is 25.1. The standard InChI is InChI=1S/C21H13ClF6N2O4/c22-16-8-14(34-21(26,27)28)4-5-17(16)33-19-15(7-12(9-29-19)20(23,24)25)18(32)30-13-3-1-2-11(6-13)10-31/h1-9,31H,10H2,(H,30,32). The molecule has 0 aliphatic carbocycles. The molecule has 1 aromatic heterocycles. The van der Waals surface area contributed by atoms with Crippen molar-refractivity contribution in [2.24, 2.45) is 0 Å². The van der Waals surface area contributed by atoms with Crippen LogP contribution in [0.25, 0.3) is 0 Å². The Morgan fingerprint density at radius 3 is 2.41 bits per heavy atom. The van der Waals surface area contributed by atoms with Crippen molar-refractivity contribution < 1.29 is 45.7 Å². The van der Waals surface area contributed by atoms with Crippen molar-refractivity contribution >= 4 is 23.2 Å². The number of aromatic nitrogens is 1. The maximum atomic E-state index is 13.2. The van der Waals surface area contributed by atoms with Gasteiger partial charge in [0.15, 0.2) is 0 Å². The summed E-state index contributed by atoms with van der Waals surface area (Å²) in [5.74, 6) is -2.57. The predicted octanol–water partition coefficient (Wildman–Crippen LogP) is 6.19. The third kappa shape index (κ3) is 6.51. The molecule has 0 saturated carbocycles. The van der Waals surface area contributed by atoms with E-state index in [1.165, 1.54) is 18.2 Å². The fourth-order valence-corrected chi connectivity index (χ4v) is 2.87. The van der Waals surface area contributed by atoms with Gasteiger partial charge in [0.1, 0.15) is 17.1 Å². The van der Waals surface area contributed by atoms with Gasteiger partial charge in [-0.25, -0.2) is 4.98 Å². The van der Waals surface area contributed by atoms with Gasteiger partial charge in [0, 0.05) is 18.0 Å². The molecule has 34 heavy (non-hydrogen) atoms. The van der Waals surface area contributed by atoms with Crippen LogP contribution >= 0.6 is 11.6 Å². The van der Waals surface area contributed by atoms with E-state index >= 15 is 0 Å². The van der Waals surface area contributed by atoms with Crippen molar-refractivity contribution in [3.63, 3.8) is 0 Å². The minimum Gasteiger partial charge on any atom is -0.437 e. The first-order valence-corrected chi connectivity index (χ1v) is 9.55. The van der Waals surface area contributed by atoms with Crippen LogP contribution in [0.2, 0.25) is 5.02 Å². The van der Waals surface area contributed by atoms with E-state index in [1.807, 2.05) is 0 Å². The minimum atomic E-state index is -4.97. The molecule has 0 aliphatic rings. The molecule has 2 aromatic carbocycles. The molecule has 6 nitrogen and oxygen atoms in total. The van der Waals surface area contributed by atoms with E-state index in [0.717, 1.165) is 18.2 Å². The summed E-state index contributed by atoms with van der Waals surface area (Å²) in [6.45, 7) is -0.338. The van der Waals surface area contributed by atoms with E-state index in [-0.39, 0.29) is 23.1 Å². The van der Waals surface area contributed by atoms with Gasteiger partial charge in [0.25, 0.3) is 5.91 Å². The number of benzene rings is 2. The molecule has 3 rings (SSSR count). The molecule has 0 radical (unpaired) electrons. The summed E-state index contributed by atoms with van der Waals surface area (Å²) in [6.07, 6.45) is -9.38. The molecule has 13 heteroatoms. The highest BCUT2D eigenvalue weighted by Gasteiger charge is 2.33. The van der Waals surface area contributed by atoms with Crippen molar-refractivity contribution in [3.05, 3.63) is 76.4 Å². The van der Waals surface area contributed by atoms with Crippen LogP contribution in [0.5, 0.6) is 17.4 Å². The van der Waals surface area contributed by atoms with E-state index < -0.39 is 41.2 Å². The number of carbonyl (C=O) groups excluding carboxylic acids is 1. The number of hydrogen-bond acceptors (Lipinski definition) is 5. The number of nitrogens with zero attached hydrogens (tertiary/aromatic N) is 1. The van der Waals surface area contributed by atoms with Crippen LogP contribution in [0.15, 0.2) is 54.7 Å². The highest BCUT2D eigenvalue weighted by atomic mass is 35.5. The molecule has 0 unspecified atom stereocenters. The van der Waals surface area contributed by atoms with E-state index in [0.29, 0.717) is 17.8 Å². The zero-order valence-corrected chi connectivity index (χ0v) is 17.4. The number of ether oxygens (including phenoxy) is 2. The van der Waals surface area contributed by atoms with Gasteiger partial charge in [-0.15, -0.1) is 13.2 Å². The molecule has 0 fully saturated rings. The second kappa shape index (κ2) is 9.77. The van der Waals surface area contributed by atoms with Crippen molar-refractivity contribution in [1.82, 2.24) is 4.98 Å². The third-order valence-electron chi connectivity index (χ3n) is 4.13. The summed E-state index contributed by atoms with van der Waals surface area (Å²) < 4.78 is 85.7. The maximum absolute atomic E-state index is 13.2. The number of carbonyl (C=O) groups is 1. The van der Waals surface area contributed by atoms with Crippen molar-refractivity contribution in [1.29, 1.82) is 0 Å². The van der Waals surface area contributed by atoms with E-state index in [1.54, 1.807) is 6.07 Å². The van der Waals surface area contributed by atoms with Gasteiger partial charge in [-0.3, -0.25) is 4.79 Å². The molecule has 3 aromatic rings. The Labute approximate surface area is 192 Å². The van der Waals surface area contributed by atoms with Crippen LogP contribution < -0.4 is 14.8 Å². The van der Waals surface area contributed by atoms with Crippen LogP contribution in [0.1, 0.15) is 21.5 Å². The SMILES string of the molecule is O=C(Nc1cccc(CO)c1)c1cc(C(F)(F)F)cnc1Oc1ccc(OC(F)(F)F)cc1Cl. The Morgan fingerprint density at radius 2 is 1.79 bits per heavy atom. The lowest BCUT2D eigenvalue weighted by molar-refractivity contribution is -0.274. The van der Waals surface area contributed by atoms with Gasteiger partial charge in [0.05, 0.1) is 17.2 Å². The quantitative estimate of drug-likeness (QED) is 0.390. The highest BCUT2D eigenvalue weighted by Crippen LogP contribution is 2.37. The van der Waals surface area contributed by atoms with Crippen LogP contribution in [0.3, 0.4) is 0 Å². The average Bonchev–Trinajstić information content (AvgIpc) is 2.74. The van der Waals surface area contributed by atoms with Gasteiger partial charge in [-0.2, -0.15) is 13.2 Å². The van der Waals surface area contributed by atoms with Crippen molar-refractivity contribution in [2.45, 2.75) is 19.1 Å². The summed E-state index contributed by atoms with van der Waals surface area (Å²) in [7, 11) is 0. The molecular formula is C21H13ClF6N2O4. The van der Waals surface area contributed by atoms with Crippen LogP contribution in [-0.4, -0.2) is 22.4 Å². The molecule has 0 aliphatic heterocycles. The lowest BCUT2D eigenvalue weighted by Crippen LogP contribution is -2.17. The molecule has 0 saturated heterocycles. The van der Waals surface area contributed by atoms with E-state index in [2.05, 4.69) is 15.0 Å². The summed E-state index contributed by atoms with van der Waals surface area (Å²) >= 11 is 5.90. The van der Waals surface area contributed by atoms with Crippen molar-refractivity contribution in [2.75, 3.05) is 5.32 Å². The number of aliphatic hydroxyl groups is 1. The molecule has 1 heterocycles. The predicted molar refractivity (Wildman–Crippen MR) is 108 cm³/mol.